The molecule has 0 aliphatic rings. The normalized spacial score (nSPS) is 10.4. The summed E-state index contributed by atoms with van der Waals surface area (Å²) in [4.78, 5) is 15.9. The maximum absolute atomic E-state index is 11.0. The highest BCUT2D eigenvalue weighted by molar-refractivity contribution is 9.10. The van der Waals surface area contributed by atoms with E-state index in [0.29, 0.717) is 11.5 Å². The van der Waals surface area contributed by atoms with Crippen molar-refractivity contribution in [3.63, 3.8) is 0 Å². The molecule has 0 spiro atoms. The number of nitrogens with one attached hydrogen (secondary N) is 1. The first-order valence-corrected chi connectivity index (χ1v) is 7.42. The Bertz CT molecular complexity index is 600. The van der Waals surface area contributed by atoms with Crippen molar-refractivity contribution in [2.24, 2.45) is 0 Å². The second kappa shape index (κ2) is 6.12. The summed E-state index contributed by atoms with van der Waals surface area (Å²) in [5.41, 5.74) is 0.651. The fourth-order valence-electron chi connectivity index (χ4n) is 1.56. The van der Waals surface area contributed by atoms with Crippen LogP contribution in [0.15, 0.2) is 28.1 Å². The topological polar surface area (TPSA) is 68.1 Å². The Morgan fingerprint density at radius 3 is 2.89 bits per heavy atom. The molecule has 0 unspecified atom stereocenters. The third kappa shape index (κ3) is 3.30. The van der Waals surface area contributed by atoms with Crippen LogP contribution in [0.4, 0.5) is 11.5 Å². The molecule has 0 bridgehead atoms. The molecule has 0 aliphatic heterocycles. The highest BCUT2D eigenvalue weighted by Crippen LogP contribution is 2.34. The van der Waals surface area contributed by atoms with Crippen molar-refractivity contribution in [2.75, 3.05) is 11.9 Å². The van der Waals surface area contributed by atoms with E-state index >= 15 is 0 Å². The van der Waals surface area contributed by atoms with Gasteiger partial charge < -0.3 is 5.32 Å². The van der Waals surface area contributed by atoms with Gasteiger partial charge in [0, 0.05) is 17.1 Å². The summed E-state index contributed by atoms with van der Waals surface area (Å²) in [6.07, 6.45) is 0.933. The maximum atomic E-state index is 11.0. The summed E-state index contributed by atoms with van der Waals surface area (Å²) in [5, 5.41) is 16.0. The van der Waals surface area contributed by atoms with E-state index in [1.165, 1.54) is 23.5 Å². The van der Waals surface area contributed by atoms with Gasteiger partial charge in [-0.2, -0.15) is 0 Å². The molecule has 2 aromatic heterocycles. The second-order valence-electron chi connectivity index (χ2n) is 3.88. The molecule has 19 heavy (non-hydrogen) atoms. The molecule has 0 amide bonds. The lowest BCUT2D eigenvalue weighted by Gasteiger charge is -2.06. The molecule has 2 aromatic rings. The van der Waals surface area contributed by atoms with Crippen LogP contribution < -0.4 is 5.32 Å². The highest BCUT2D eigenvalue weighted by Gasteiger charge is 2.14. The van der Waals surface area contributed by atoms with Gasteiger partial charge in [-0.25, -0.2) is 4.98 Å². The van der Waals surface area contributed by atoms with Gasteiger partial charge in [0.1, 0.15) is 5.82 Å². The minimum absolute atomic E-state index is 0.0453. The van der Waals surface area contributed by atoms with Crippen LogP contribution in [-0.2, 0) is 0 Å². The number of halogens is 1. The van der Waals surface area contributed by atoms with Gasteiger partial charge in [0.2, 0.25) is 0 Å². The summed E-state index contributed by atoms with van der Waals surface area (Å²) in [6.45, 7) is 2.76. The number of pyridine rings is 1. The Kier molecular flexibility index (Phi) is 4.49. The fraction of sp³-hybridized carbons (Fsp3) is 0.250. The van der Waals surface area contributed by atoms with Crippen LogP contribution >= 0.6 is 27.3 Å². The number of hydrogen-bond donors (Lipinski definition) is 1. The van der Waals surface area contributed by atoms with Gasteiger partial charge in [0.25, 0.3) is 5.69 Å². The Balaban J connectivity index is 2.45. The monoisotopic (exact) mass is 341 g/mol. The molecule has 7 heteroatoms. The molecule has 2 rings (SSSR count). The minimum atomic E-state index is -0.399. The highest BCUT2D eigenvalue weighted by atomic mass is 79.9. The number of aromatic nitrogens is 1. The molecule has 0 atom stereocenters. The molecule has 1 N–H and O–H groups in total. The standard InChI is InChI=1S/C12H12BrN3O2S/c1-2-4-14-11-7-8(16(17)18)6-10(15-11)12-9(13)3-5-19-12/h3,5-7H,2,4H2,1H3,(H,14,15). The summed E-state index contributed by atoms with van der Waals surface area (Å²) in [7, 11) is 0. The zero-order valence-corrected chi connectivity index (χ0v) is 12.6. The molecular weight excluding hydrogens is 330 g/mol. The van der Waals surface area contributed by atoms with E-state index in [-0.39, 0.29) is 5.69 Å². The molecule has 0 radical (unpaired) electrons. The molecule has 5 nitrogen and oxygen atoms in total. The summed E-state index contributed by atoms with van der Waals surface area (Å²) in [6, 6.07) is 4.86. The van der Waals surface area contributed by atoms with Crippen molar-refractivity contribution >= 4 is 38.8 Å². The van der Waals surface area contributed by atoms with Gasteiger partial charge in [-0.15, -0.1) is 11.3 Å². The van der Waals surface area contributed by atoms with Crippen LogP contribution in [0.5, 0.6) is 0 Å². The lowest BCUT2D eigenvalue weighted by molar-refractivity contribution is -0.384. The van der Waals surface area contributed by atoms with Gasteiger partial charge >= 0.3 is 0 Å². The SMILES string of the molecule is CCCNc1cc([N+](=O)[O-])cc(-c2sccc2Br)n1. The first-order valence-electron chi connectivity index (χ1n) is 5.75. The Labute approximate surface area is 123 Å². The van der Waals surface area contributed by atoms with E-state index in [1.54, 1.807) is 0 Å². The van der Waals surface area contributed by atoms with Crippen LogP contribution in [-0.4, -0.2) is 16.5 Å². The third-order valence-electron chi connectivity index (χ3n) is 2.43. The number of nitrogens with zero attached hydrogens (tertiary/aromatic N) is 2. The second-order valence-corrected chi connectivity index (χ2v) is 5.65. The lowest BCUT2D eigenvalue weighted by atomic mass is 10.2. The first kappa shape index (κ1) is 14.0. The summed E-state index contributed by atoms with van der Waals surface area (Å²) >= 11 is 4.92. The van der Waals surface area contributed by atoms with E-state index in [4.69, 9.17) is 0 Å². The van der Waals surface area contributed by atoms with Crippen LogP contribution in [0, 0.1) is 10.1 Å². The lowest BCUT2D eigenvalue weighted by Crippen LogP contribution is -2.03. The largest absolute Gasteiger partial charge is 0.370 e. The molecule has 100 valence electrons. The van der Waals surface area contributed by atoms with Gasteiger partial charge in [0.05, 0.1) is 21.6 Å². The summed E-state index contributed by atoms with van der Waals surface area (Å²) in [5.74, 6) is 0.534. The summed E-state index contributed by atoms with van der Waals surface area (Å²) < 4.78 is 0.895. The van der Waals surface area contributed by atoms with Crippen molar-refractivity contribution < 1.29 is 4.92 Å². The zero-order valence-electron chi connectivity index (χ0n) is 10.2. The van der Waals surface area contributed by atoms with E-state index in [1.807, 2.05) is 18.4 Å². The van der Waals surface area contributed by atoms with Gasteiger partial charge in [0.15, 0.2) is 0 Å². The van der Waals surface area contributed by atoms with E-state index in [0.717, 1.165) is 22.3 Å². The molecule has 0 saturated carbocycles. The van der Waals surface area contributed by atoms with Crippen LogP contribution in [0.25, 0.3) is 10.6 Å². The van der Waals surface area contributed by atoms with Gasteiger partial charge in [-0.05, 0) is 33.8 Å². The Morgan fingerprint density at radius 1 is 1.53 bits per heavy atom. The van der Waals surface area contributed by atoms with E-state index < -0.39 is 4.92 Å². The molecule has 2 heterocycles. The number of nitro groups is 1. The molecule has 0 aromatic carbocycles. The first-order chi connectivity index (χ1) is 9.11. The van der Waals surface area contributed by atoms with Gasteiger partial charge in [-0.1, -0.05) is 6.92 Å². The van der Waals surface area contributed by atoms with Crippen LogP contribution in [0.3, 0.4) is 0 Å². The quantitative estimate of drug-likeness (QED) is 0.650. The van der Waals surface area contributed by atoms with Crippen molar-refractivity contribution in [3.05, 3.63) is 38.2 Å². The predicted molar refractivity (Wildman–Crippen MR) is 80.7 cm³/mol. The smallest absolute Gasteiger partial charge is 0.275 e. The van der Waals surface area contributed by atoms with Crippen molar-refractivity contribution in [2.45, 2.75) is 13.3 Å². The van der Waals surface area contributed by atoms with Gasteiger partial charge in [-0.3, -0.25) is 10.1 Å². The molecule has 0 aliphatic carbocycles. The molecular formula is C12H12BrN3O2S. The average Bonchev–Trinajstić information content (AvgIpc) is 2.82. The fourth-order valence-corrected chi connectivity index (χ4v) is 3.09. The minimum Gasteiger partial charge on any atom is -0.370 e. The van der Waals surface area contributed by atoms with E-state index in [9.17, 15) is 10.1 Å². The Hall–Kier alpha value is -1.47. The number of rotatable bonds is 5. The van der Waals surface area contributed by atoms with Crippen molar-refractivity contribution in [3.8, 4) is 10.6 Å². The number of anilines is 1. The number of hydrogen-bond acceptors (Lipinski definition) is 5. The van der Waals surface area contributed by atoms with Crippen LogP contribution in [0.1, 0.15) is 13.3 Å². The third-order valence-corrected chi connectivity index (χ3v) is 4.29. The van der Waals surface area contributed by atoms with E-state index in [2.05, 4.69) is 26.2 Å². The molecule has 0 saturated heterocycles. The van der Waals surface area contributed by atoms with Crippen molar-refractivity contribution in [1.29, 1.82) is 0 Å². The average molecular weight is 342 g/mol. The van der Waals surface area contributed by atoms with Crippen LogP contribution in [0.2, 0.25) is 0 Å². The number of thiophene rings is 1. The van der Waals surface area contributed by atoms with Crippen molar-refractivity contribution in [1.82, 2.24) is 4.98 Å². The predicted octanol–water partition coefficient (Wildman–Crippen LogP) is 4.30. The molecule has 0 fully saturated rings. The maximum Gasteiger partial charge on any atom is 0.275 e. The zero-order chi connectivity index (χ0) is 13.8. The Morgan fingerprint density at radius 2 is 2.32 bits per heavy atom.